The van der Waals surface area contributed by atoms with Crippen LogP contribution in [0.15, 0.2) is 0 Å². The Morgan fingerprint density at radius 1 is 1.35 bits per heavy atom. The minimum absolute atomic E-state index is 0.120. The Labute approximate surface area is 118 Å². The van der Waals surface area contributed by atoms with Gasteiger partial charge in [0.1, 0.15) is 0 Å². The lowest BCUT2D eigenvalue weighted by molar-refractivity contribution is -0.143. The third-order valence-corrected chi connectivity index (χ3v) is 3.66. The van der Waals surface area contributed by atoms with Crippen molar-refractivity contribution in [2.75, 3.05) is 39.5 Å². The minimum Gasteiger partial charge on any atom is -0.481 e. The second-order valence-electron chi connectivity index (χ2n) is 5.53. The summed E-state index contributed by atoms with van der Waals surface area (Å²) in [6, 6.07) is -0.225. The molecule has 0 aromatic rings. The molecule has 2 N–H and O–H groups in total. The lowest BCUT2D eigenvalue weighted by atomic mass is 9.91. The number of carboxylic acids is 1. The number of carbonyl (C=O) groups is 2. The fourth-order valence-corrected chi connectivity index (χ4v) is 2.66. The topological polar surface area (TPSA) is 88.1 Å². The number of likely N-dealkylation sites (tertiary alicyclic amines) is 1. The van der Waals surface area contributed by atoms with Crippen molar-refractivity contribution in [3.05, 3.63) is 0 Å². The highest BCUT2D eigenvalue weighted by molar-refractivity contribution is 5.76. The van der Waals surface area contributed by atoms with Crippen LogP contribution in [0.1, 0.15) is 13.3 Å². The molecule has 2 rings (SSSR count). The van der Waals surface area contributed by atoms with Crippen molar-refractivity contribution in [3.8, 4) is 0 Å². The number of amides is 2. The molecule has 2 aliphatic rings. The third-order valence-electron chi connectivity index (χ3n) is 3.66. The first-order valence-corrected chi connectivity index (χ1v) is 7.01. The molecule has 0 bridgehead atoms. The van der Waals surface area contributed by atoms with E-state index in [1.54, 1.807) is 4.90 Å². The smallest absolute Gasteiger partial charge is 0.317 e. The average molecular weight is 286 g/mol. The predicted octanol–water partition coefficient (Wildman–Crippen LogP) is 0.154. The second-order valence-corrected chi connectivity index (χ2v) is 5.53. The molecule has 0 saturated carbocycles. The van der Waals surface area contributed by atoms with Gasteiger partial charge in [0.05, 0.1) is 31.8 Å². The molecule has 3 unspecified atom stereocenters. The Morgan fingerprint density at radius 2 is 2.15 bits per heavy atom. The van der Waals surface area contributed by atoms with Crippen molar-refractivity contribution in [1.29, 1.82) is 0 Å². The molecular weight excluding hydrogens is 264 g/mol. The van der Waals surface area contributed by atoms with E-state index >= 15 is 0 Å². The highest BCUT2D eigenvalue weighted by Gasteiger charge is 2.32. The number of urea groups is 1. The number of hydrogen-bond donors (Lipinski definition) is 2. The number of piperidine rings is 1. The van der Waals surface area contributed by atoms with Crippen LogP contribution in [0, 0.1) is 11.8 Å². The SMILES string of the molecule is CC1CC(C(=O)O)CN(C(=O)NCC2COCCO2)C1. The van der Waals surface area contributed by atoms with Gasteiger partial charge in [0.2, 0.25) is 0 Å². The zero-order valence-electron chi connectivity index (χ0n) is 11.7. The maximum Gasteiger partial charge on any atom is 0.317 e. The van der Waals surface area contributed by atoms with E-state index in [0.29, 0.717) is 39.3 Å². The average Bonchev–Trinajstić information content (AvgIpc) is 2.45. The van der Waals surface area contributed by atoms with Gasteiger partial charge in [-0.05, 0) is 12.3 Å². The van der Waals surface area contributed by atoms with Crippen molar-refractivity contribution in [1.82, 2.24) is 10.2 Å². The summed E-state index contributed by atoms with van der Waals surface area (Å²) in [5.74, 6) is -1.11. The van der Waals surface area contributed by atoms with Gasteiger partial charge >= 0.3 is 12.0 Å². The van der Waals surface area contributed by atoms with Gasteiger partial charge in [-0.15, -0.1) is 0 Å². The number of carbonyl (C=O) groups excluding carboxylic acids is 1. The molecule has 0 radical (unpaired) electrons. The molecule has 2 aliphatic heterocycles. The molecule has 3 atom stereocenters. The fraction of sp³-hybridized carbons (Fsp3) is 0.846. The number of carboxylic acid groups (broad SMARTS) is 1. The maximum absolute atomic E-state index is 12.1. The highest BCUT2D eigenvalue weighted by Crippen LogP contribution is 2.21. The lowest BCUT2D eigenvalue weighted by Crippen LogP contribution is -2.51. The number of rotatable bonds is 3. The van der Waals surface area contributed by atoms with E-state index in [9.17, 15) is 9.59 Å². The Kier molecular flexibility index (Phi) is 5.19. The van der Waals surface area contributed by atoms with Crippen LogP contribution in [0.5, 0.6) is 0 Å². The zero-order chi connectivity index (χ0) is 14.5. The quantitative estimate of drug-likeness (QED) is 0.771. The standard InChI is InChI=1S/C13H22N2O5/c1-9-4-10(12(16)17)7-15(6-9)13(18)14-5-11-8-19-2-3-20-11/h9-11H,2-8H2,1H3,(H,14,18)(H,16,17). The van der Waals surface area contributed by atoms with Crippen molar-refractivity contribution in [2.45, 2.75) is 19.4 Å². The second kappa shape index (κ2) is 6.90. The van der Waals surface area contributed by atoms with Crippen LogP contribution in [-0.4, -0.2) is 67.6 Å². The van der Waals surface area contributed by atoms with Gasteiger partial charge < -0.3 is 24.8 Å². The summed E-state index contributed by atoms with van der Waals surface area (Å²) in [6.07, 6.45) is 0.504. The maximum atomic E-state index is 12.1. The summed E-state index contributed by atoms with van der Waals surface area (Å²) in [4.78, 5) is 24.7. The monoisotopic (exact) mass is 286 g/mol. The van der Waals surface area contributed by atoms with Gasteiger partial charge in [0.15, 0.2) is 0 Å². The Hall–Kier alpha value is -1.34. The number of nitrogens with one attached hydrogen (secondary N) is 1. The Morgan fingerprint density at radius 3 is 2.80 bits per heavy atom. The molecule has 7 nitrogen and oxygen atoms in total. The van der Waals surface area contributed by atoms with Crippen LogP contribution in [0.25, 0.3) is 0 Å². The predicted molar refractivity (Wildman–Crippen MR) is 70.4 cm³/mol. The van der Waals surface area contributed by atoms with Crippen LogP contribution in [0.3, 0.4) is 0 Å². The molecule has 7 heteroatoms. The number of ether oxygens (including phenoxy) is 2. The largest absolute Gasteiger partial charge is 0.481 e. The number of aliphatic carboxylic acids is 1. The van der Waals surface area contributed by atoms with E-state index in [0.717, 1.165) is 0 Å². The van der Waals surface area contributed by atoms with Crippen LogP contribution in [-0.2, 0) is 14.3 Å². The first kappa shape index (κ1) is 15.1. The molecule has 0 aromatic carbocycles. The van der Waals surface area contributed by atoms with Gasteiger partial charge in [0.25, 0.3) is 0 Å². The minimum atomic E-state index is -0.835. The molecule has 2 amide bonds. The van der Waals surface area contributed by atoms with Crippen molar-refractivity contribution in [2.24, 2.45) is 11.8 Å². The van der Waals surface area contributed by atoms with Gasteiger partial charge in [-0.3, -0.25) is 4.79 Å². The third kappa shape index (κ3) is 4.08. The summed E-state index contributed by atoms with van der Waals surface area (Å²) in [5.41, 5.74) is 0. The van der Waals surface area contributed by atoms with Gasteiger partial charge in [0, 0.05) is 19.6 Å². The highest BCUT2D eigenvalue weighted by atomic mass is 16.6. The lowest BCUT2D eigenvalue weighted by Gasteiger charge is -2.35. The van der Waals surface area contributed by atoms with E-state index in [2.05, 4.69) is 5.32 Å². The summed E-state index contributed by atoms with van der Waals surface area (Å²) in [6.45, 7) is 4.84. The van der Waals surface area contributed by atoms with Crippen LogP contribution in [0.2, 0.25) is 0 Å². The molecule has 2 fully saturated rings. The van der Waals surface area contributed by atoms with E-state index < -0.39 is 11.9 Å². The van der Waals surface area contributed by atoms with Crippen molar-refractivity contribution < 1.29 is 24.2 Å². The van der Waals surface area contributed by atoms with Crippen molar-refractivity contribution >= 4 is 12.0 Å². The molecule has 0 aliphatic carbocycles. The van der Waals surface area contributed by atoms with Crippen LogP contribution >= 0.6 is 0 Å². The van der Waals surface area contributed by atoms with E-state index in [1.165, 1.54) is 0 Å². The molecular formula is C13H22N2O5. The summed E-state index contributed by atoms with van der Waals surface area (Å²) in [5, 5.41) is 11.9. The van der Waals surface area contributed by atoms with E-state index in [-0.39, 0.29) is 24.6 Å². The Balaban J connectivity index is 1.80. The molecule has 0 spiro atoms. The summed E-state index contributed by atoms with van der Waals surface area (Å²) < 4.78 is 10.7. The normalized spacial score (nSPS) is 30.9. The first-order valence-electron chi connectivity index (χ1n) is 7.01. The molecule has 0 aromatic heterocycles. The van der Waals surface area contributed by atoms with E-state index in [1.807, 2.05) is 6.92 Å². The van der Waals surface area contributed by atoms with Gasteiger partial charge in [-0.25, -0.2) is 4.79 Å². The molecule has 2 heterocycles. The van der Waals surface area contributed by atoms with Crippen LogP contribution < -0.4 is 5.32 Å². The van der Waals surface area contributed by atoms with Crippen molar-refractivity contribution in [3.63, 3.8) is 0 Å². The number of nitrogens with zero attached hydrogens (tertiary/aromatic N) is 1. The number of hydrogen-bond acceptors (Lipinski definition) is 4. The molecule has 2 saturated heterocycles. The first-order chi connectivity index (χ1) is 9.56. The van der Waals surface area contributed by atoms with Gasteiger partial charge in [-0.2, -0.15) is 0 Å². The van der Waals surface area contributed by atoms with Crippen LogP contribution in [0.4, 0.5) is 4.79 Å². The molecule has 114 valence electrons. The molecule has 20 heavy (non-hydrogen) atoms. The van der Waals surface area contributed by atoms with Gasteiger partial charge in [-0.1, -0.05) is 6.92 Å². The fourth-order valence-electron chi connectivity index (χ4n) is 2.66. The Bertz CT molecular complexity index is 357. The zero-order valence-corrected chi connectivity index (χ0v) is 11.7. The summed E-state index contributed by atoms with van der Waals surface area (Å²) in [7, 11) is 0. The summed E-state index contributed by atoms with van der Waals surface area (Å²) >= 11 is 0. The van der Waals surface area contributed by atoms with E-state index in [4.69, 9.17) is 14.6 Å².